The van der Waals surface area contributed by atoms with Crippen LogP contribution < -0.4 is 0 Å². The minimum absolute atomic E-state index is 0.00543. The molecule has 2 saturated heterocycles. The number of amides is 2. The Morgan fingerprint density at radius 3 is 2.95 bits per heavy atom. The second-order valence-corrected chi connectivity index (χ2v) is 5.69. The first-order chi connectivity index (χ1) is 10.1. The topological polar surface area (TPSA) is 78.7 Å². The number of aromatic nitrogens is 2. The van der Waals surface area contributed by atoms with Crippen molar-refractivity contribution in [2.24, 2.45) is 0 Å². The maximum absolute atomic E-state index is 12.4. The number of hydrogen-bond donors (Lipinski definition) is 1. The highest BCUT2D eigenvalue weighted by Gasteiger charge is 2.42. The van der Waals surface area contributed by atoms with Gasteiger partial charge in [-0.05, 0) is 12.8 Å². The molecule has 2 aliphatic rings. The molecule has 2 aliphatic heterocycles. The number of fused-ring (bicyclic) bond motifs is 1. The lowest BCUT2D eigenvalue weighted by Crippen LogP contribution is -2.62. The van der Waals surface area contributed by atoms with Crippen LogP contribution in [-0.4, -0.2) is 68.1 Å². The molecule has 7 heteroatoms. The number of aliphatic hydroxyl groups is 1. The maximum atomic E-state index is 12.4. The van der Waals surface area contributed by atoms with E-state index in [0.717, 1.165) is 13.0 Å². The fraction of sp³-hybridized carbons (Fsp3) is 0.643. The van der Waals surface area contributed by atoms with Crippen molar-refractivity contribution < 1.29 is 14.7 Å². The Kier molecular flexibility index (Phi) is 3.92. The number of imidazole rings is 1. The average molecular weight is 292 g/mol. The molecule has 2 fully saturated rings. The normalized spacial score (nSPS) is 26.1. The fourth-order valence-electron chi connectivity index (χ4n) is 3.07. The lowest BCUT2D eigenvalue weighted by Gasteiger charge is -2.44. The molecular formula is C14H20N4O3. The Hall–Kier alpha value is -1.89. The van der Waals surface area contributed by atoms with Crippen molar-refractivity contribution in [3.63, 3.8) is 0 Å². The zero-order valence-electron chi connectivity index (χ0n) is 11.9. The third-order valence-corrected chi connectivity index (χ3v) is 4.22. The molecule has 0 radical (unpaired) electrons. The largest absolute Gasteiger partial charge is 0.393 e. The first-order valence-corrected chi connectivity index (χ1v) is 7.37. The molecule has 0 bridgehead atoms. The van der Waals surface area contributed by atoms with E-state index in [-0.39, 0.29) is 18.4 Å². The van der Waals surface area contributed by atoms with Gasteiger partial charge in [0.2, 0.25) is 11.8 Å². The Bertz CT molecular complexity index is 516. The van der Waals surface area contributed by atoms with Crippen LogP contribution in [0.1, 0.15) is 19.3 Å². The Balaban J connectivity index is 1.58. The highest BCUT2D eigenvalue weighted by Crippen LogP contribution is 2.23. The van der Waals surface area contributed by atoms with Gasteiger partial charge in [0.15, 0.2) is 0 Å². The quantitative estimate of drug-likeness (QED) is 0.809. The zero-order chi connectivity index (χ0) is 14.8. The van der Waals surface area contributed by atoms with Gasteiger partial charge in [-0.3, -0.25) is 9.59 Å². The van der Waals surface area contributed by atoms with E-state index in [1.807, 2.05) is 10.8 Å². The lowest BCUT2D eigenvalue weighted by atomic mass is 9.96. The third kappa shape index (κ3) is 2.92. The summed E-state index contributed by atoms with van der Waals surface area (Å²) >= 11 is 0. The second kappa shape index (κ2) is 5.85. The Morgan fingerprint density at radius 2 is 2.19 bits per heavy atom. The van der Waals surface area contributed by atoms with Gasteiger partial charge < -0.3 is 19.5 Å². The van der Waals surface area contributed by atoms with Crippen LogP contribution in [0.3, 0.4) is 0 Å². The molecule has 3 heterocycles. The van der Waals surface area contributed by atoms with E-state index in [4.69, 9.17) is 0 Å². The summed E-state index contributed by atoms with van der Waals surface area (Å²) < 4.78 is 1.95. The number of aryl methyl sites for hydroxylation is 1. The van der Waals surface area contributed by atoms with Gasteiger partial charge in [0, 0.05) is 38.4 Å². The fourth-order valence-corrected chi connectivity index (χ4v) is 3.07. The standard InChI is InChI=1S/C14H20N4O3/c19-11-2-6-18-12(8-11)14(21)17(9-13(18)20)5-1-4-16-7-3-15-10-16/h3,7,10-12,19H,1-2,4-6,8-9H2/t11-,12+/m0/s1. The molecule has 0 spiro atoms. The predicted octanol–water partition coefficient (Wildman–Crippen LogP) is -0.533. The van der Waals surface area contributed by atoms with Crippen molar-refractivity contribution in [1.82, 2.24) is 19.4 Å². The molecule has 1 aromatic heterocycles. The number of carbonyl (C=O) groups excluding carboxylic acids is 2. The van der Waals surface area contributed by atoms with Crippen molar-refractivity contribution in [3.8, 4) is 0 Å². The van der Waals surface area contributed by atoms with Gasteiger partial charge in [-0.25, -0.2) is 4.98 Å². The third-order valence-electron chi connectivity index (χ3n) is 4.22. The average Bonchev–Trinajstić information content (AvgIpc) is 2.97. The summed E-state index contributed by atoms with van der Waals surface area (Å²) in [5.74, 6) is -0.0342. The smallest absolute Gasteiger partial charge is 0.245 e. The van der Waals surface area contributed by atoms with Crippen LogP contribution in [0, 0.1) is 0 Å². The van der Waals surface area contributed by atoms with Crippen LogP contribution in [0.25, 0.3) is 0 Å². The summed E-state index contributed by atoms with van der Waals surface area (Å²) in [5, 5.41) is 9.72. The number of piperazine rings is 1. The molecule has 3 rings (SSSR count). The summed E-state index contributed by atoms with van der Waals surface area (Å²) in [6.45, 7) is 1.98. The summed E-state index contributed by atoms with van der Waals surface area (Å²) in [5.41, 5.74) is 0. The molecule has 1 N–H and O–H groups in total. The molecule has 0 aliphatic carbocycles. The van der Waals surface area contributed by atoms with Gasteiger partial charge in [0.25, 0.3) is 0 Å². The minimum atomic E-state index is -0.478. The number of nitrogens with zero attached hydrogens (tertiary/aromatic N) is 4. The predicted molar refractivity (Wildman–Crippen MR) is 74.2 cm³/mol. The van der Waals surface area contributed by atoms with Crippen LogP contribution in [0.15, 0.2) is 18.7 Å². The van der Waals surface area contributed by atoms with E-state index >= 15 is 0 Å². The molecule has 21 heavy (non-hydrogen) atoms. The van der Waals surface area contributed by atoms with Gasteiger partial charge in [-0.15, -0.1) is 0 Å². The van der Waals surface area contributed by atoms with Crippen molar-refractivity contribution in [3.05, 3.63) is 18.7 Å². The van der Waals surface area contributed by atoms with Crippen molar-refractivity contribution in [2.75, 3.05) is 19.6 Å². The van der Waals surface area contributed by atoms with E-state index in [1.54, 1.807) is 22.3 Å². The molecule has 2 atom stereocenters. The molecule has 7 nitrogen and oxygen atoms in total. The SMILES string of the molecule is O=C1[C@H]2C[C@@H](O)CCN2C(=O)CN1CCCn1ccnc1. The van der Waals surface area contributed by atoms with E-state index in [0.29, 0.717) is 25.9 Å². The van der Waals surface area contributed by atoms with Crippen LogP contribution in [0.2, 0.25) is 0 Å². The van der Waals surface area contributed by atoms with Crippen LogP contribution in [0.5, 0.6) is 0 Å². The molecular weight excluding hydrogens is 272 g/mol. The highest BCUT2D eigenvalue weighted by atomic mass is 16.3. The van der Waals surface area contributed by atoms with Gasteiger partial charge in [-0.1, -0.05) is 0 Å². The Labute approximate surface area is 123 Å². The van der Waals surface area contributed by atoms with E-state index in [1.165, 1.54) is 0 Å². The molecule has 0 aromatic carbocycles. The molecule has 0 unspecified atom stereocenters. The van der Waals surface area contributed by atoms with Crippen LogP contribution in [-0.2, 0) is 16.1 Å². The number of rotatable bonds is 4. The van der Waals surface area contributed by atoms with Crippen molar-refractivity contribution >= 4 is 11.8 Å². The lowest BCUT2D eigenvalue weighted by molar-refractivity contribution is -0.160. The maximum Gasteiger partial charge on any atom is 0.245 e. The summed E-state index contributed by atoms with van der Waals surface area (Å²) in [7, 11) is 0. The number of hydrogen-bond acceptors (Lipinski definition) is 4. The first kappa shape index (κ1) is 14.1. The van der Waals surface area contributed by atoms with E-state index in [2.05, 4.69) is 4.98 Å². The van der Waals surface area contributed by atoms with Gasteiger partial charge >= 0.3 is 0 Å². The second-order valence-electron chi connectivity index (χ2n) is 5.69. The molecule has 2 amide bonds. The van der Waals surface area contributed by atoms with Crippen molar-refractivity contribution in [2.45, 2.75) is 38.0 Å². The Morgan fingerprint density at radius 1 is 1.33 bits per heavy atom. The van der Waals surface area contributed by atoms with Gasteiger partial charge in [-0.2, -0.15) is 0 Å². The van der Waals surface area contributed by atoms with Crippen LogP contribution >= 0.6 is 0 Å². The zero-order valence-corrected chi connectivity index (χ0v) is 11.9. The van der Waals surface area contributed by atoms with Gasteiger partial charge in [0.1, 0.15) is 6.04 Å². The highest BCUT2D eigenvalue weighted by molar-refractivity contribution is 5.95. The molecule has 114 valence electrons. The first-order valence-electron chi connectivity index (χ1n) is 7.37. The van der Waals surface area contributed by atoms with Gasteiger partial charge in [0.05, 0.1) is 19.0 Å². The summed E-state index contributed by atoms with van der Waals surface area (Å²) in [6, 6.07) is -0.469. The minimum Gasteiger partial charge on any atom is -0.393 e. The molecule has 1 aromatic rings. The summed E-state index contributed by atoms with van der Waals surface area (Å²) in [6.07, 6.45) is 6.57. The monoisotopic (exact) mass is 292 g/mol. The van der Waals surface area contributed by atoms with Crippen LogP contribution in [0.4, 0.5) is 0 Å². The molecule has 0 saturated carbocycles. The van der Waals surface area contributed by atoms with E-state index < -0.39 is 12.1 Å². The number of aliphatic hydroxyl groups excluding tert-OH is 1. The van der Waals surface area contributed by atoms with E-state index in [9.17, 15) is 14.7 Å². The van der Waals surface area contributed by atoms with Crippen molar-refractivity contribution in [1.29, 1.82) is 0 Å². The number of carbonyl (C=O) groups is 2. The number of piperidine rings is 1. The summed E-state index contributed by atoms with van der Waals surface area (Å²) in [4.78, 5) is 31.8.